The molecule has 0 unspecified atom stereocenters. The Bertz CT molecular complexity index is 1460. The van der Waals surface area contributed by atoms with Crippen molar-refractivity contribution in [3.05, 3.63) is 105 Å². The number of imide groups is 1. The molecule has 0 atom stereocenters. The molecule has 39 heavy (non-hydrogen) atoms. The van der Waals surface area contributed by atoms with E-state index in [0.717, 1.165) is 32.3 Å². The van der Waals surface area contributed by atoms with Gasteiger partial charge in [0.25, 0.3) is 11.1 Å². The highest BCUT2D eigenvalue weighted by atomic mass is 79.9. The van der Waals surface area contributed by atoms with Crippen molar-refractivity contribution in [1.82, 2.24) is 4.90 Å². The minimum atomic E-state index is -0.689. The third-order valence-electron chi connectivity index (χ3n) is 5.66. The molecule has 7 nitrogen and oxygen atoms in total. The number of carbonyl (C=O) groups is 3. The summed E-state index contributed by atoms with van der Waals surface area (Å²) in [7, 11) is 1.52. The first kappa shape index (κ1) is 28.1. The number of rotatable bonds is 10. The molecule has 4 rings (SSSR count). The number of hydrogen-bond donors (Lipinski definition) is 1. The normalized spacial score (nSPS) is 14.0. The first-order valence-electron chi connectivity index (χ1n) is 11.8. The number of anilines is 1. The number of methoxy groups -OCH3 is 1. The number of carbonyl (C=O) groups excluding carboxylic acids is 3. The van der Waals surface area contributed by atoms with Crippen molar-refractivity contribution in [3.8, 4) is 11.5 Å². The lowest BCUT2D eigenvalue weighted by Gasteiger charge is -2.16. The number of nitrogens with zero attached hydrogens (tertiary/aromatic N) is 1. The maximum Gasteiger partial charge on any atom is 0.294 e. The maximum absolute atomic E-state index is 13.8. The third kappa shape index (κ3) is 6.96. The lowest BCUT2D eigenvalue weighted by molar-refractivity contribution is -0.127. The number of ether oxygens (including phenoxy) is 2. The second-order valence-corrected chi connectivity index (χ2v) is 10.3. The van der Waals surface area contributed by atoms with Gasteiger partial charge < -0.3 is 14.8 Å². The third-order valence-corrected chi connectivity index (χ3v) is 7.09. The van der Waals surface area contributed by atoms with Crippen LogP contribution in [0.4, 0.5) is 14.9 Å². The number of thioether (sulfide) groups is 1. The van der Waals surface area contributed by atoms with Crippen LogP contribution >= 0.6 is 27.7 Å². The van der Waals surface area contributed by atoms with E-state index >= 15 is 0 Å². The molecule has 1 fully saturated rings. The highest BCUT2D eigenvalue weighted by Gasteiger charge is 2.36. The maximum atomic E-state index is 13.8. The summed E-state index contributed by atoms with van der Waals surface area (Å²) in [5.74, 6) is -0.913. The minimum absolute atomic E-state index is 0.0331. The molecule has 1 aliphatic rings. The average molecular weight is 611 g/mol. The van der Waals surface area contributed by atoms with Gasteiger partial charge in [0.15, 0.2) is 11.5 Å². The number of benzene rings is 3. The van der Waals surface area contributed by atoms with Crippen LogP contribution in [0.15, 0.2) is 82.7 Å². The quantitative estimate of drug-likeness (QED) is 0.206. The number of allylic oxidation sites excluding steroid dienone is 1. The van der Waals surface area contributed by atoms with Gasteiger partial charge in [0.2, 0.25) is 5.91 Å². The molecule has 0 aromatic heterocycles. The summed E-state index contributed by atoms with van der Waals surface area (Å²) in [5, 5.41) is 1.79. The Kier molecular flexibility index (Phi) is 9.21. The predicted molar refractivity (Wildman–Crippen MR) is 153 cm³/mol. The minimum Gasteiger partial charge on any atom is -0.493 e. The molecule has 1 saturated heterocycles. The van der Waals surface area contributed by atoms with Crippen LogP contribution in [0.1, 0.15) is 16.7 Å². The fourth-order valence-corrected chi connectivity index (χ4v) is 4.91. The van der Waals surface area contributed by atoms with E-state index in [-0.39, 0.29) is 10.6 Å². The molecule has 3 aromatic rings. The van der Waals surface area contributed by atoms with E-state index < -0.39 is 29.4 Å². The van der Waals surface area contributed by atoms with Gasteiger partial charge in [-0.15, -0.1) is 6.58 Å². The summed E-state index contributed by atoms with van der Waals surface area (Å²) < 4.78 is 26.5. The number of hydrogen-bond acceptors (Lipinski definition) is 6. The molecule has 3 aromatic carbocycles. The number of para-hydroxylation sites is 1. The van der Waals surface area contributed by atoms with Gasteiger partial charge in [0.1, 0.15) is 19.0 Å². The van der Waals surface area contributed by atoms with Crippen LogP contribution < -0.4 is 14.8 Å². The molecule has 0 spiro atoms. The zero-order chi connectivity index (χ0) is 27.9. The standard InChI is InChI=1S/C29H24BrFN2O5S/c1-3-6-20-13-19(14-24(37-2)27(20)38-17-18-9-11-21(30)12-10-18)15-25-28(35)33(29(36)39-25)16-26(34)32-23-8-5-4-7-22(23)31/h3-5,7-15H,1,6,16-17H2,2H3,(H,32,34)/b25-15-. The van der Waals surface area contributed by atoms with Gasteiger partial charge in [-0.2, -0.15) is 0 Å². The second-order valence-electron chi connectivity index (χ2n) is 8.42. The van der Waals surface area contributed by atoms with Crippen molar-refractivity contribution in [1.29, 1.82) is 0 Å². The first-order chi connectivity index (χ1) is 18.8. The van der Waals surface area contributed by atoms with Crippen molar-refractivity contribution in [3.63, 3.8) is 0 Å². The van der Waals surface area contributed by atoms with Crippen molar-refractivity contribution < 1.29 is 28.2 Å². The molecule has 200 valence electrons. The van der Waals surface area contributed by atoms with E-state index in [0.29, 0.717) is 30.1 Å². The van der Waals surface area contributed by atoms with E-state index in [1.807, 2.05) is 30.3 Å². The Morgan fingerprint density at radius 2 is 1.90 bits per heavy atom. The lowest BCUT2D eigenvalue weighted by Crippen LogP contribution is -2.36. The van der Waals surface area contributed by atoms with Gasteiger partial charge in [-0.1, -0.05) is 46.3 Å². The highest BCUT2D eigenvalue weighted by molar-refractivity contribution is 9.10. The molecule has 1 aliphatic heterocycles. The molecule has 0 aliphatic carbocycles. The first-order valence-corrected chi connectivity index (χ1v) is 13.4. The zero-order valence-corrected chi connectivity index (χ0v) is 23.3. The largest absolute Gasteiger partial charge is 0.493 e. The Morgan fingerprint density at radius 1 is 1.15 bits per heavy atom. The molecule has 10 heteroatoms. The highest BCUT2D eigenvalue weighted by Crippen LogP contribution is 2.37. The molecular weight excluding hydrogens is 587 g/mol. The summed E-state index contributed by atoms with van der Waals surface area (Å²) in [4.78, 5) is 38.9. The van der Waals surface area contributed by atoms with Gasteiger partial charge in [0.05, 0.1) is 17.7 Å². The Labute approximate surface area is 237 Å². The van der Waals surface area contributed by atoms with Gasteiger partial charge in [-0.25, -0.2) is 4.39 Å². The van der Waals surface area contributed by atoms with Crippen LogP contribution in [0.5, 0.6) is 11.5 Å². The van der Waals surface area contributed by atoms with E-state index in [9.17, 15) is 18.8 Å². The van der Waals surface area contributed by atoms with Gasteiger partial charge in [-0.05, 0) is 71.8 Å². The SMILES string of the molecule is C=CCc1cc(/C=C2\SC(=O)N(CC(=O)Nc3ccccc3F)C2=O)cc(OC)c1OCc1ccc(Br)cc1. The van der Waals surface area contributed by atoms with Gasteiger partial charge in [-0.3, -0.25) is 19.3 Å². The summed E-state index contributed by atoms with van der Waals surface area (Å²) in [6, 6.07) is 16.9. The van der Waals surface area contributed by atoms with Crippen molar-refractivity contribution in [2.75, 3.05) is 19.0 Å². The van der Waals surface area contributed by atoms with Crippen molar-refractivity contribution in [2.45, 2.75) is 13.0 Å². The Balaban J connectivity index is 1.53. The topological polar surface area (TPSA) is 84.9 Å². The number of halogens is 2. The predicted octanol–water partition coefficient (Wildman–Crippen LogP) is 6.58. The number of nitrogens with one attached hydrogen (secondary N) is 1. The molecule has 0 radical (unpaired) electrons. The van der Waals surface area contributed by atoms with Crippen molar-refractivity contribution in [2.24, 2.45) is 0 Å². The van der Waals surface area contributed by atoms with Crippen LogP contribution in [0.3, 0.4) is 0 Å². The molecule has 0 saturated carbocycles. The molecule has 1 heterocycles. The van der Waals surface area contributed by atoms with E-state index in [1.165, 1.54) is 25.3 Å². The summed E-state index contributed by atoms with van der Waals surface area (Å²) >= 11 is 4.14. The Morgan fingerprint density at radius 3 is 2.59 bits per heavy atom. The lowest BCUT2D eigenvalue weighted by atomic mass is 10.0. The van der Waals surface area contributed by atoms with Crippen LogP contribution in [0.25, 0.3) is 6.08 Å². The molecule has 1 N–H and O–H groups in total. The second kappa shape index (κ2) is 12.8. The van der Waals surface area contributed by atoms with Crippen LogP contribution in [-0.4, -0.2) is 35.6 Å². The summed E-state index contributed by atoms with van der Waals surface area (Å²) in [6.45, 7) is 3.60. The molecular formula is C29H24BrFN2O5S. The van der Waals surface area contributed by atoms with Crippen LogP contribution in [0.2, 0.25) is 0 Å². The Hall–Kier alpha value is -3.89. The van der Waals surface area contributed by atoms with Gasteiger partial charge >= 0.3 is 0 Å². The van der Waals surface area contributed by atoms with E-state index in [1.54, 1.807) is 24.3 Å². The fourth-order valence-electron chi connectivity index (χ4n) is 3.81. The average Bonchev–Trinajstić information content (AvgIpc) is 3.17. The van der Waals surface area contributed by atoms with Gasteiger partial charge in [0, 0.05) is 10.0 Å². The monoisotopic (exact) mass is 610 g/mol. The summed E-state index contributed by atoms with van der Waals surface area (Å²) in [5.41, 5.74) is 2.34. The van der Waals surface area contributed by atoms with Crippen LogP contribution in [0, 0.1) is 5.82 Å². The van der Waals surface area contributed by atoms with E-state index in [4.69, 9.17) is 9.47 Å². The fraction of sp³-hybridized carbons (Fsp3) is 0.138. The number of amides is 3. The smallest absolute Gasteiger partial charge is 0.294 e. The molecule has 0 bridgehead atoms. The van der Waals surface area contributed by atoms with E-state index in [2.05, 4.69) is 27.8 Å². The zero-order valence-electron chi connectivity index (χ0n) is 20.9. The van der Waals surface area contributed by atoms with Crippen LogP contribution in [-0.2, 0) is 22.6 Å². The molecule has 3 amide bonds. The van der Waals surface area contributed by atoms with Crippen molar-refractivity contribution >= 4 is 56.5 Å². The summed E-state index contributed by atoms with van der Waals surface area (Å²) in [6.07, 6.45) is 3.77.